The first-order valence-corrected chi connectivity index (χ1v) is 13.0. The van der Waals surface area contributed by atoms with Crippen LogP contribution in [-0.4, -0.2) is 17.4 Å². The lowest BCUT2D eigenvalue weighted by atomic mass is 9.44. The van der Waals surface area contributed by atoms with Crippen LogP contribution in [0.5, 0.6) is 0 Å². The van der Waals surface area contributed by atoms with Gasteiger partial charge in [0.1, 0.15) is 6.17 Å². The third-order valence-electron chi connectivity index (χ3n) is 10.9. The zero-order valence-electron chi connectivity index (χ0n) is 19.8. The van der Waals surface area contributed by atoms with Crippen molar-refractivity contribution in [3.8, 4) is 0 Å². The smallest absolute Gasteiger partial charge is 0.108 e. The molecular weight excluding hydrogens is 359 g/mol. The first-order chi connectivity index (χ1) is 13.7. The number of rotatable bonds is 5. The Hall–Kier alpha value is -0.110. The second-order valence-corrected chi connectivity index (χ2v) is 12.6. The van der Waals surface area contributed by atoms with Crippen molar-refractivity contribution in [1.82, 2.24) is 0 Å². The van der Waals surface area contributed by atoms with Gasteiger partial charge in [-0.1, -0.05) is 53.9 Å². The van der Waals surface area contributed by atoms with Crippen LogP contribution < -0.4 is 0 Å². The Labute approximate surface area is 179 Å². The van der Waals surface area contributed by atoms with E-state index in [4.69, 9.17) is 0 Å². The number of hydrogen-bond donors (Lipinski definition) is 1. The third-order valence-corrected chi connectivity index (χ3v) is 10.9. The molecule has 1 unspecified atom stereocenters. The molecule has 0 aliphatic heterocycles. The highest BCUT2D eigenvalue weighted by Crippen LogP contribution is 2.68. The van der Waals surface area contributed by atoms with Gasteiger partial charge in [-0.3, -0.25) is 0 Å². The van der Waals surface area contributed by atoms with Gasteiger partial charge in [-0.05, 0) is 91.8 Å². The molecule has 1 nitrogen and oxygen atoms in total. The highest BCUT2D eigenvalue weighted by Gasteiger charge is 2.62. The monoisotopic (exact) mass is 406 g/mol. The Morgan fingerprint density at radius 2 is 1.69 bits per heavy atom. The molecule has 0 heterocycles. The van der Waals surface area contributed by atoms with Gasteiger partial charge in [0, 0.05) is 11.8 Å². The molecule has 0 aromatic heterocycles. The van der Waals surface area contributed by atoms with Crippen molar-refractivity contribution in [2.45, 2.75) is 118 Å². The van der Waals surface area contributed by atoms with Crippen molar-refractivity contribution in [3.05, 3.63) is 0 Å². The van der Waals surface area contributed by atoms with Gasteiger partial charge in [-0.25, -0.2) is 4.39 Å². The SMILES string of the molecule is CC(C)CCC[C@@H](C)[C@H]1CC[C@H]2[C@H]3CC[C@@H]4C[C@H](O)CC(F)[C@]4(C)[C@H]3CC[C@]12C. The molecule has 4 saturated carbocycles. The zero-order valence-corrected chi connectivity index (χ0v) is 19.8. The summed E-state index contributed by atoms with van der Waals surface area (Å²) >= 11 is 0. The molecule has 0 radical (unpaired) electrons. The first-order valence-electron chi connectivity index (χ1n) is 13.0. The number of fused-ring (bicyclic) bond motifs is 5. The van der Waals surface area contributed by atoms with Crippen LogP contribution in [0, 0.1) is 52.3 Å². The Balaban J connectivity index is 1.49. The van der Waals surface area contributed by atoms with Gasteiger partial charge in [0.05, 0.1) is 6.10 Å². The molecule has 2 heteroatoms. The van der Waals surface area contributed by atoms with Crippen molar-refractivity contribution in [3.63, 3.8) is 0 Å². The lowest BCUT2D eigenvalue weighted by Crippen LogP contribution is -2.58. The molecule has 1 N–H and O–H groups in total. The van der Waals surface area contributed by atoms with Crippen LogP contribution in [0.3, 0.4) is 0 Å². The molecule has 0 amide bonds. The van der Waals surface area contributed by atoms with Gasteiger partial charge < -0.3 is 5.11 Å². The molecule has 4 aliphatic carbocycles. The molecule has 29 heavy (non-hydrogen) atoms. The summed E-state index contributed by atoms with van der Waals surface area (Å²) in [6.45, 7) is 12.1. The first kappa shape index (κ1) is 22.1. The number of hydrogen-bond acceptors (Lipinski definition) is 1. The topological polar surface area (TPSA) is 20.2 Å². The van der Waals surface area contributed by atoms with E-state index in [2.05, 4.69) is 34.6 Å². The van der Waals surface area contributed by atoms with Gasteiger partial charge in [-0.2, -0.15) is 0 Å². The highest BCUT2D eigenvalue weighted by molar-refractivity contribution is 5.11. The van der Waals surface area contributed by atoms with E-state index in [1.165, 1.54) is 51.4 Å². The van der Waals surface area contributed by atoms with Crippen molar-refractivity contribution >= 4 is 0 Å². The van der Waals surface area contributed by atoms with Crippen LogP contribution in [0.25, 0.3) is 0 Å². The van der Waals surface area contributed by atoms with Gasteiger partial charge >= 0.3 is 0 Å². The van der Waals surface area contributed by atoms with E-state index in [1.54, 1.807) is 0 Å². The highest BCUT2D eigenvalue weighted by atomic mass is 19.1. The van der Waals surface area contributed by atoms with E-state index in [-0.39, 0.29) is 5.41 Å². The average molecular weight is 407 g/mol. The van der Waals surface area contributed by atoms with E-state index in [1.807, 2.05) is 0 Å². The second-order valence-electron chi connectivity index (χ2n) is 12.6. The largest absolute Gasteiger partial charge is 0.393 e. The maximum Gasteiger partial charge on any atom is 0.108 e. The molecular formula is C27H47FO. The van der Waals surface area contributed by atoms with Crippen LogP contribution in [0.2, 0.25) is 0 Å². The molecule has 0 spiro atoms. The molecule has 0 saturated heterocycles. The third kappa shape index (κ3) is 3.62. The summed E-state index contributed by atoms with van der Waals surface area (Å²) < 4.78 is 15.4. The average Bonchev–Trinajstić information content (AvgIpc) is 3.00. The van der Waals surface area contributed by atoms with Gasteiger partial charge in [-0.15, -0.1) is 0 Å². The fourth-order valence-corrected chi connectivity index (χ4v) is 9.27. The van der Waals surface area contributed by atoms with E-state index < -0.39 is 12.3 Å². The van der Waals surface area contributed by atoms with Crippen LogP contribution in [0.15, 0.2) is 0 Å². The fraction of sp³-hybridized carbons (Fsp3) is 1.00. The molecule has 168 valence electrons. The number of aliphatic hydroxyl groups excluding tert-OH is 1. The van der Waals surface area contributed by atoms with Gasteiger partial charge in [0.25, 0.3) is 0 Å². The normalized spacial score (nSPS) is 50.7. The number of aliphatic hydroxyl groups is 1. The van der Waals surface area contributed by atoms with Gasteiger partial charge in [0.2, 0.25) is 0 Å². The molecule has 4 fully saturated rings. The minimum absolute atomic E-state index is 0.176. The number of halogens is 1. The van der Waals surface area contributed by atoms with Crippen molar-refractivity contribution in [2.24, 2.45) is 52.3 Å². The van der Waals surface area contributed by atoms with E-state index >= 15 is 4.39 Å². The quantitative estimate of drug-likeness (QED) is 0.504. The predicted octanol–water partition coefficient (Wildman–Crippen LogP) is 7.42. The number of alkyl halides is 1. The molecule has 0 aromatic rings. The van der Waals surface area contributed by atoms with Crippen LogP contribution >= 0.6 is 0 Å². The summed E-state index contributed by atoms with van der Waals surface area (Å²) in [4.78, 5) is 0. The Bertz CT molecular complexity index is 575. The Morgan fingerprint density at radius 1 is 0.931 bits per heavy atom. The Kier molecular flexibility index (Phi) is 6.17. The summed E-state index contributed by atoms with van der Waals surface area (Å²) in [5.74, 6) is 5.04. The lowest BCUT2D eigenvalue weighted by Gasteiger charge is -2.62. The summed E-state index contributed by atoms with van der Waals surface area (Å²) in [6, 6.07) is 0. The minimum atomic E-state index is -0.805. The van der Waals surface area contributed by atoms with Crippen LogP contribution in [-0.2, 0) is 0 Å². The molecule has 0 bridgehead atoms. The summed E-state index contributed by atoms with van der Waals surface area (Å²) in [5, 5.41) is 10.2. The zero-order chi connectivity index (χ0) is 21.0. The van der Waals surface area contributed by atoms with Crippen LogP contribution in [0.1, 0.15) is 105 Å². The maximum atomic E-state index is 15.4. The molecule has 0 aromatic carbocycles. The Morgan fingerprint density at radius 3 is 2.41 bits per heavy atom. The fourth-order valence-electron chi connectivity index (χ4n) is 9.27. The summed E-state index contributed by atoms with van der Waals surface area (Å²) in [6.07, 6.45) is 11.9. The van der Waals surface area contributed by atoms with Crippen LogP contribution in [0.4, 0.5) is 4.39 Å². The predicted molar refractivity (Wildman–Crippen MR) is 119 cm³/mol. The molecule has 4 aliphatic rings. The summed E-state index contributed by atoms with van der Waals surface area (Å²) in [7, 11) is 0. The maximum absolute atomic E-state index is 15.4. The van der Waals surface area contributed by atoms with Gasteiger partial charge in [0.15, 0.2) is 0 Å². The van der Waals surface area contributed by atoms with E-state index in [0.717, 1.165) is 42.4 Å². The van der Waals surface area contributed by atoms with E-state index in [9.17, 15) is 5.11 Å². The standard InChI is InChI=1S/C27H47FO/c1-17(2)7-6-8-18(3)22-11-12-23-21-10-9-19-15-20(29)16-25(28)27(19,5)24(21)13-14-26(22,23)4/h17-25,29H,6-16H2,1-5H3/t18-,19-,20+,21-,22-,23+,24+,25?,26-,27+/m1/s1. The van der Waals surface area contributed by atoms with E-state index in [0.29, 0.717) is 23.7 Å². The van der Waals surface area contributed by atoms with Crippen molar-refractivity contribution in [1.29, 1.82) is 0 Å². The van der Waals surface area contributed by atoms with Crippen molar-refractivity contribution < 1.29 is 9.50 Å². The lowest BCUT2D eigenvalue weighted by molar-refractivity contribution is -0.162. The molecule has 4 rings (SSSR count). The second kappa shape index (κ2) is 8.10. The van der Waals surface area contributed by atoms with Crippen molar-refractivity contribution in [2.75, 3.05) is 0 Å². The summed E-state index contributed by atoms with van der Waals surface area (Å²) in [5.41, 5.74) is 0.312. The molecule has 10 atom stereocenters. The minimum Gasteiger partial charge on any atom is -0.393 e.